The van der Waals surface area contributed by atoms with Crippen LogP contribution in [-0.2, 0) is 18.3 Å². The van der Waals surface area contributed by atoms with E-state index >= 15 is 0 Å². The number of carbonyl (C=O) groups is 1. The molecule has 0 unspecified atom stereocenters. The summed E-state index contributed by atoms with van der Waals surface area (Å²) in [7, 11) is 1.98. The van der Waals surface area contributed by atoms with Crippen molar-refractivity contribution in [3.8, 4) is 0 Å². The Morgan fingerprint density at radius 2 is 2.29 bits per heavy atom. The minimum absolute atomic E-state index is 0.163. The lowest BCUT2D eigenvalue weighted by atomic mass is 10.0. The van der Waals surface area contributed by atoms with Crippen LogP contribution in [0, 0.1) is 5.92 Å². The van der Waals surface area contributed by atoms with E-state index in [0.717, 1.165) is 18.7 Å². The molecule has 0 aliphatic heterocycles. The number of nitrogens with zero attached hydrogens (tertiary/aromatic N) is 2. The number of aromatic nitrogens is 2. The van der Waals surface area contributed by atoms with Crippen molar-refractivity contribution < 1.29 is 4.79 Å². The van der Waals surface area contributed by atoms with Crippen LogP contribution < -0.4 is 0 Å². The van der Waals surface area contributed by atoms with Gasteiger partial charge in [-0.15, -0.1) is 0 Å². The van der Waals surface area contributed by atoms with Crippen molar-refractivity contribution in [3.05, 3.63) is 18.2 Å². The van der Waals surface area contributed by atoms with Crippen LogP contribution in [-0.4, -0.2) is 15.3 Å². The Bertz CT molecular complexity index is 302. The van der Waals surface area contributed by atoms with Crippen LogP contribution in [0.5, 0.6) is 0 Å². The predicted molar refractivity (Wildman–Crippen MR) is 56.0 cm³/mol. The van der Waals surface area contributed by atoms with Crippen molar-refractivity contribution in [2.24, 2.45) is 13.0 Å². The fraction of sp³-hybridized carbons (Fsp3) is 0.636. The van der Waals surface area contributed by atoms with Crippen molar-refractivity contribution in [1.29, 1.82) is 0 Å². The summed E-state index contributed by atoms with van der Waals surface area (Å²) in [5, 5.41) is 0. The molecule has 0 aromatic carbocycles. The molecule has 0 saturated heterocycles. The van der Waals surface area contributed by atoms with E-state index in [2.05, 4.69) is 4.98 Å². The molecule has 14 heavy (non-hydrogen) atoms. The Labute approximate surface area is 85.2 Å². The van der Waals surface area contributed by atoms with Gasteiger partial charge < -0.3 is 4.57 Å². The van der Waals surface area contributed by atoms with Crippen LogP contribution in [0.2, 0.25) is 0 Å². The third kappa shape index (κ3) is 2.98. The molecule has 0 spiro atoms. The summed E-state index contributed by atoms with van der Waals surface area (Å²) in [5.41, 5.74) is 0. The van der Waals surface area contributed by atoms with Crippen LogP contribution in [0.25, 0.3) is 0 Å². The van der Waals surface area contributed by atoms with E-state index in [1.54, 1.807) is 6.20 Å². The lowest BCUT2D eigenvalue weighted by molar-refractivity contribution is -0.121. The van der Waals surface area contributed by atoms with Gasteiger partial charge in [0.05, 0.1) is 0 Å². The number of carbonyl (C=O) groups excluding carboxylic acids is 1. The highest BCUT2D eigenvalue weighted by Crippen LogP contribution is 2.06. The number of imidazole rings is 1. The standard InChI is InChI=1S/C11H18N2O/c1-9(2)10(14)5-4-6-11-12-7-8-13(11)3/h7-9H,4-6H2,1-3H3. The first-order chi connectivity index (χ1) is 6.61. The summed E-state index contributed by atoms with van der Waals surface area (Å²) in [6.45, 7) is 3.90. The largest absolute Gasteiger partial charge is 0.338 e. The Balaban J connectivity index is 2.29. The fourth-order valence-electron chi connectivity index (χ4n) is 1.35. The quantitative estimate of drug-likeness (QED) is 0.718. The second-order valence-corrected chi connectivity index (χ2v) is 3.93. The van der Waals surface area contributed by atoms with Crippen LogP contribution in [0.4, 0.5) is 0 Å². The van der Waals surface area contributed by atoms with Gasteiger partial charge in [-0.3, -0.25) is 4.79 Å². The molecular formula is C11H18N2O. The van der Waals surface area contributed by atoms with Gasteiger partial charge >= 0.3 is 0 Å². The SMILES string of the molecule is CC(C)C(=O)CCCc1nccn1C. The monoisotopic (exact) mass is 194 g/mol. The molecule has 0 aliphatic rings. The zero-order valence-corrected chi connectivity index (χ0v) is 9.16. The second-order valence-electron chi connectivity index (χ2n) is 3.93. The van der Waals surface area contributed by atoms with Crippen molar-refractivity contribution in [3.63, 3.8) is 0 Å². The average Bonchev–Trinajstić information content (AvgIpc) is 2.51. The third-order valence-electron chi connectivity index (χ3n) is 2.39. The topological polar surface area (TPSA) is 34.9 Å². The first kappa shape index (κ1) is 11.0. The van der Waals surface area contributed by atoms with Gasteiger partial charge in [-0.2, -0.15) is 0 Å². The van der Waals surface area contributed by atoms with Gasteiger partial charge in [-0.25, -0.2) is 4.98 Å². The molecule has 3 nitrogen and oxygen atoms in total. The fourth-order valence-corrected chi connectivity index (χ4v) is 1.35. The number of hydrogen-bond acceptors (Lipinski definition) is 2. The maximum absolute atomic E-state index is 11.3. The van der Waals surface area contributed by atoms with E-state index in [9.17, 15) is 4.79 Å². The second kappa shape index (κ2) is 4.94. The Morgan fingerprint density at radius 3 is 2.79 bits per heavy atom. The molecule has 1 heterocycles. The molecule has 3 heteroatoms. The van der Waals surface area contributed by atoms with E-state index in [-0.39, 0.29) is 5.92 Å². The van der Waals surface area contributed by atoms with Gasteiger partial charge in [0, 0.05) is 38.2 Å². The molecule has 78 valence electrons. The van der Waals surface area contributed by atoms with Crippen LogP contribution >= 0.6 is 0 Å². The number of aryl methyl sites for hydroxylation is 2. The Kier molecular flexibility index (Phi) is 3.86. The summed E-state index contributed by atoms with van der Waals surface area (Å²) in [6.07, 6.45) is 6.19. The van der Waals surface area contributed by atoms with Crippen molar-refractivity contribution >= 4 is 5.78 Å². The molecule has 0 amide bonds. The molecule has 0 N–H and O–H groups in total. The van der Waals surface area contributed by atoms with E-state index in [1.165, 1.54) is 0 Å². The average molecular weight is 194 g/mol. The Morgan fingerprint density at radius 1 is 1.57 bits per heavy atom. The zero-order chi connectivity index (χ0) is 10.6. The number of Topliss-reactive ketones (excluding diaryl/α,β-unsaturated/α-hetero) is 1. The molecule has 0 aliphatic carbocycles. The first-order valence-corrected chi connectivity index (χ1v) is 5.10. The smallest absolute Gasteiger partial charge is 0.135 e. The maximum Gasteiger partial charge on any atom is 0.135 e. The highest BCUT2D eigenvalue weighted by atomic mass is 16.1. The molecule has 0 radical (unpaired) electrons. The molecule has 0 atom stereocenters. The Hall–Kier alpha value is -1.12. The third-order valence-corrected chi connectivity index (χ3v) is 2.39. The van der Waals surface area contributed by atoms with Crippen molar-refractivity contribution in [1.82, 2.24) is 9.55 Å². The normalized spacial score (nSPS) is 10.9. The summed E-state index contributed by atoms with van der Waals surface area (Å²) in [5.74, 6) is 1.57. The lowest BCUT2D eigenvalue weighted by Gasteiger charge is -2.03. The summed E-state index contributed by atoms with van der Waals surface area (Å²) < 4.78 is 2.00. The number of ketones is 1. The number of rotatable bonds is 5. The molecule has 1 rings (SSSR count). The van der Waals surface area contributed by atoms with Gasteiger partial charge in [0.25, 0.3) is 0 Å². The molecule has 1 aromatic heterocycles. The van der Waals surface area contributed by atoms with E-state index in [0.29, 0.717) is 12.2 Å². The van der Waals surface area contributed by atoms with E-state index in [1.807, 2.05) is 31.7 Å². The molecule has 0 saturated carbocycles. The molecule has 0 bridgehead atoms. The maximum atomic E-state index is 11.3. The van der Waals surface area contributed by atoms with Crippen molar-refractivity contribution in [2.75, 3.05) is 0 Å². The summed E-state index contributed by atoms with van der Waals surface area (Å²) in [4.78, 5) is 15.5. The predicted octanol–water partition coefficient (Wildman–Crippen LogP) is 1.97. The van der Waals surface area contributed by atoms with Gasteiger partial charge in [-0.05, 0) is 6.42 Å². The zero-order valence-electron chi connectivity index (χ0n) is 9.16. The molecule has 0 fully saturated rings. The molecule has 1 aromatic rings. The van der Waals surface area contributed by atoms with Crippen molar-refractivity contribution in [2.45, 2.75) is 33.1 Å². The highest BCUT2D eigenvalue weighted by Gasteiger charge is 2.07. The van der Waals surface area contributed by atoms with Crippen LogP contribution in [0.15, 0.2) is 12.4 Å². The van der Waals surface area contributed by atoms with Gasteiger partial charge in [0.1, 0.15) is 11.6 Å². The van der Waals surface area contributed by atoms with Gasteiger partial charge in [-0.1, -0.05) is 13.8 Å². The van der Waals surface area contributed by atoms with E-state index < -0.39 is 0 Å². The first-order valence-electron chi connectivity index (χ1n) is 5.10. The minimum Gasteiger partial charge on any atom is -0.338 e. The van der Waals surface area contributed by atoms with Crippen LogP contribution in [0.1, 0.15) is 32.5 Å². The molecular weight excluding hydrogens is 176 g/mol. The highest BCUT2D eigenvalue weighted by molar-refractivity contribution is 5.80. The number of hydrogen-bond donors (Lipinski definition) is 0. The van der Waals surface area contributed by atoms with Crippen LogP contribution in [0.3, 0.4) is 0 Å². The van der Waals surface area contributed by atoms with Gasteiger partial charge in [0.15, 0.2) is 0 Å². The van der Waals surface area contributed by atoms with Gasteiger partial charge in [0.2, 0.25) is 0 Å². The van der Waals surface area contributed by atoms with E-state index in [4.69, 9.17) is 0 Å². The summed E-state index contributed by atoms with van der Waals surface area (Å²) >= 11 is 0. The lowest BCUT2D eigenvalue weighted by Crippen LogP contribution is -2.07. The summed E-state index contributed by atoms with van der Waals surface area (Å²) in [6, 6.07) is 0. The minimum atomic E-state index is 0.163.